The van der Waals surface area contributed by atoms with Gasteiger partial charge in [-0.05, 0) is 57.2 Å². The van der Waals surface area contributed by atoms with E-state index < -0.39 is 5.60 Å². The standard InChI is InChI=1S/C23H30N2O4/c1-23(2,3)29-22(27)25-10-9-20(25)16-28-21-13-19(14-24-15-21)18-8-4-6-17(12-18)7-5-11-26/h4,6,8,12-15,20,26H,5,7,9-11,16H2,1-3H3/t20-/m0/s1. The number of carbonyl (C=O) groups excluding carboxylic acids is 1. The van der Waals surface area contributed by atoms with Crippen LogP contribution in [0.4, 0.5) is 4.79 Å². The summed E-state index contributed by atoms with van der Waals surface area (Å²) < 4.78 is 11.4. The van der Waals surface area contributed by atoms with Crippen LogP contribution in [0.2, 0.25) is 0 Å². The third kappa shape index (κ3) is 5.94. The maximum atomic E-state index is 12.2. The van der Waals surface area contributed by atoms with Gasteiger partial charge in [0.05, 0.1) is 12.2 Å². The van der Waals surface area contributed by atoms with Gasteiger partial charge in [-0.15, -0.1) is 0 Å². The minimum Gasteiger partial charge on any atom is -0.490 e. The van der Waals surface area contributed by atoms with Crippen molar-refractivity contribution < 1.29 is 19.4 Å². The van der Waals surface area contributed by atoms with Gasteiger partial charge in [-0.3, -0.25) is 4.98 Å². The van der Waals surface area contributed by atoms with Crippen LogP contribution >= 0.6 is 0 Å². The van der Waals surface area contributed by atoms with Crippen molar-refractivity contribution in [1.29, 1.82) is 0 Å². The van der Waals surface area contributed by atoms with E-state index >= 15 is 0 Å². The molecule has 6 nitrogen and oxygen atoms in total. The normalized spacial score (nSPS) is 16.3. The fourth-order valence-electron chi connectivity index (χ4n) is 3.21. The van der Waals surface area contributed by atoms with Gasteiger partial charge in [0.1, 0.15) is 18.0 Å². The number of likely N-dealkylation sites (tertiary alicyclic amines) is 1. The van der Waals surface area contributed by atoms with Gasteiger partial charge in [0.15, 0.2) is 0 Å². The fraction of sp³-hybridized carbons (Fsp3) is 0.478. The summed E-state index contributed by atoms with van der Waals surface area (Å²) >= 11 is 0. The van der Waals surface area contributed by atoms with Gasteiger partial charge in [-0.2, -0.15) is 0 Å². The molecule has 2 heterocycles. The number of aliphatic hydroxyl groups excluding tert-OH is 1. The molecule has 29 heavy (non-hydrogen) atoms. The molecule has 1 saturated heterocycles. The largest absolute Gasteiger partial charge is 0.490 e. The first-order valence-electron chi connectivity index (χ1n) is 10.1. The van der Waals surface area contributed by atoms with Crippen LogP contribution < -0.4 is 4.74 Å². The van der Waals surface area contributed by atoms with E-state index in [4.69, 9.17) is 14.6 Å². The zero-order valence-electron chi connectivity index (χ0n) is 17.4. The molecule has 1 amide bonds. The van der Waals surface area contributed by atoms with Crippen molar-refractivity contribution in [3.05, 3.63) is 48.3 Å². The van der Waals surface area contributed by atoms with E-state index in [1.165, 1.54) is 5.56 Å². The first-order chi connectivity index (χ1) is 13.9. The van der Waals surface area contributed by atoms with Crippen LogP contribution in [0.1, 0.15) is 39.2 Å². The molecule has 0 spiro atoms. The monoisotopic (exact) mass is 398 g/mol. The molecule has 0 saturated carbocycles. The van der Waals surface area contributed by atoms with Crippen LogP contribution in [0.5, 0.6) is 5.75 Å². The van der Waals surface area contributed by atoms with Crippen LogP contribution in [-0.4, -0.2) is 52.5 Å². The number of carbonyl (C=O) groups is 1. The molecule has 0 bridgehead atoms. The van der Waals surface area contributed by atoms with Gasteiger partial charge in [-0.1, -0.05) is 24.3 Å². The van der Waals surface area contributed by atoms with E-state index in [0.29, 0.717) is 18.9 Å². The van der Waals surface area contributed by atoms with E-state index in [9.17, 15) is 4.79 Å². The molecule has 6 heteroatoms. The fourth-order valence-corrected chi connectivity index (χ4v) is 3.21. The smallest absolute Gasteiger partial charge is 0.410 e. The second-order valence-electron chi connectivity index (χ2n) is 8.36. The summed E-state index contributed by atoms with van der Waals surface area (Å²) in [4.78, 5) is 18.3. The maximum absolute atomic E-state index is 12.2. The van der Waals surface area contributed by atoms with Crippen LogP contribution in [0.25, 0.3) is 11.1 Å². The summed E-state index contributed by atoms with van der Waals surface area (Å²) in [6.45, 7) is 6.91. The number of amides is 1. The highest BCUT2D eigenvalue weighted by Crippen LogP contribution is 2.26. The lowest BCUT2D eigenvalue weighted by molar-refractivity contribution is -0.0141. The highest BCUT2D eigenvalue weighted by Gasteiger charge is 2.35. The number of nitrogens with zero attached hydrogens (tertiary/aromatic N) is 2. The topological polar surface area (TPSA) is 71.9 Å². The van der Waals surface area contributed by atoms with E-state index in [2.05, 4.69) is 17.1 Å². The number of aromatic nitrogens is 1. The van der Waals surface area contributed by atoms with E-state index in [-0.39, 0.29) is 18.7 Å². The minimum atomic E-state index is -0.498. The van der Waals surface area contributed by atoms with Gasteiger partial charge in [0.2, 0.25) is 0 Å². The van der Waals surface area contributed by atoms with Crippen molar-refractivity contribution in [3.8, 4) is 16.9 Å². The predicted octanol–water partition coefficient (Wildman–Crippen LogP) is 4.06. The summed E-state index contributed by atoms with van der Waals surface area (Å²) in [6.07, 6.45) is 5.71. The van der Waals surface area contributed by atoms with Crippen molar-refractivity contribution in [1.82, 2.24) is 9.88 Å². The Kier molecular flexibility index (Phi) is 6.75. The molecule has 0 unspecified atom stereocenters. The molecular weight excluding hydrogens is 368 g/mol. The number of hydrogen-bond donors (Lipinski definition) is 1. The second kappa shape index (κ2) is 9.27. The molecule has 1 N–H and O–H groups in total. The number of ether oxygens (including phenoxy) is 2. The van der Waals surface area contributed by atoms with Crippen LogP contribution in [0.3, 0.4) is 0 Å². The van der Waals surface area contributed by atoms with E-state index in [0.717, 1.165) is 30.4 Å². The Morgan fingerprint density at radius 2 is 2.07 bits per heavy atom. The first-order valence-corrected chi connectivity index (χ1v) is 10.1. The van der Waals surface area contributed by atoms with Crippen molar-refractivity contribution in [2.75, 3.05) is 19.8 Å². The molecule has 2 aromatic rings. The van der Waals surface area contributed by atoms with Crippen LogP contribution in [0.15, 0.2) is 42.7 Å². The minimum absolute atomic E-state index is 0.0234. The number of rotatable bonds is 7. The molecule has 1 fully saturated rings. The Morgan fingerprint density at radius 3 is 2.76 bits per heavy atom. The van der Waals surface area contributed by atoms with Crippen molar-refractivity contribution in [2.24, 2.45) is 0 Å². The van der Waals surface area contributed by atoms with Gasteiger partial charge >= 0.3 is 6.09 Å². The highest BCUT2D eigenvalue weighted by atomic mass is 16.6. The van der Waals surface area contributed by atoms with E-state index in [1.54, 1.807) is 11.1 Å². The van der Waals surface area contributed by atoms with Crippen LogP contribution in [-0.2, 0) is 11.2 Å². The van der Waals surface area contributed by atoms with Gasteiger partial charge < -0.3 is 19.5 Å². The predicted molar refractivity (Wildman–Crippen MR) is 112 cm³/mol. The Bertz CT molecular complexity index is 832. The maximum Gasteiger partial charge on any atom is 0.410 e. The number of pyridine rings is 1. The van der Waals surface area contributed by atoms with Crippen molar-refractivity contribution in [3.63, 3.8) is 0 Å². The molecule has 1 atom stereocenters. The number of benzene rings is 1. The second-order valence-corrected chi connectivity index (χ2v) is 8.36. The average molecular weight is 399 g/mol. The average Bonchev–Trinajstić information content (AvgIpc) is 2.64. The lowest BCUT2D eigenvalue weighted by Crippen LogP contribution is -2.55. The lowest BCUT2D eigenvalue weighted by Gasteiger charge is -2.40. The third-order valence-electron chi connectivity index (χ3n) is 4.81. The summed E-state index contributed by atoms with van der Waals surface area (Å²) in [5, 5.41) is 9.03. The van der Waals surface area contributed by atoms with Gasteiger partial charge in [0.25, 0.3) is 0 Å². The first kappa shape index (κ1) is 21.1. The Labute approximate surface area is 172 Å². The molecule has 0 aliphatic carbocycles. The van der Waals surface area contributed by atoms with Gasteiger partial charge in [-0.25, -0.2) is 4.79 Å². The molecule has 3 rings (SSSR count). The molecule has 1 aliphatic heterocycles. The zero-order chi connectivity index (χ0) is 20.9. The number of aryl methyl sites for hydroxylation is 1. The highest BCUT2D eigenvalue weighted by molar-refractivity contribution is 5.69. The molecular formula is C23H30N2O4. The van der Waals surface area contributed by atoms with Crippen LogP contribution in [0, 0.1) is 0 Å². The molecule has 1 aromatic carbocycles. The molecule has 0 radical (unpaired) electrons. The summed E-state index contributed by atoms with van der Waals surface area (Å²) in [7, 11) is 0. The SMILES string of the molecule is CC(C)(C)OC(=O)N1CC[C@H]1COc1cncc(-c2cccc(CCCO)c2)c1. The lowest BCUT2D eigenvalue weighted by atomic mass is 10.0. The number of hydrogen-bond acceptors (Lipinski definition) is 5. The van der Waals surface area contributed by atoms with E-state index in [1.807, 2.05) is 45.2 Å². The Morgan fingerprint density at radius 1 is 1.24 bits per heavy atom. The zero-order valence-corrected chi connectivity index (χ0v) is 17.4. The van der Waals surface area contributed by atoms with Crippen molar-refractivity contribution >= 4 is 6.09 Å². The van der Waals surface area contributed by atoms with Gasteiger partial charge in [0, 0.05) is 24.9 Å². The Hall–Kier alpha value is -2.60. The van der Waals surface area contributed by atoms with Crippen molar-refractivity contribution in [2.45, 2.75) is 51.7 Å². The molecule has 156 valence electrons. The third-order valence-corrected chi connectivity index (χ3v) is 4.81. The summed E-state index contributed by atoms with van der Waals surface area (Å²) in [5.41, 5.74) is 2.73. The summed E-state index contributed by atoms with van der Waals surface area (Å²) in [5.74, 6) is 0.680. The molecule has 1 aliphatic rings. The number of aliphatic hydroxyl groups is 1. The Balaban J connectivity index is 1.60. The molecule has 1 aromatic heterocycles. The quantitative estimate of drug-likeness (QED) is 0.761. The summed E-state index contributed by atoms with van der Waals surface area (Å²) in [6, 6.07) is 10.2.